The molecule has 6 atom stereocenters. The lowest BCUT2D eigenvalue weighted by molar-refractivity contribution is -0.145. The zero-order chi connectivity index (χ0) is 38.6. The highest BCUT2D eigenvalue weighted by Crippen LogP contribution is 2.65. The Balaban J connectivity index is 1.75. The number of likely N-dealkylation sites (N-methyl/N-ethyl adjacent to an activating group) is 1. The molecule has 3 unspecified atom stereocenters. The van der Waals surface area contributed by atoms with Crippen molar-refractivity contribution < 1.29 is 38.3 Å². The number of ether oxygens (including phenoxy) is 1. The highest BCUT2D eigenvalue weighted by atomic mass is 32.1. The number of unbranched alkanes of at least 4 members (excludes halogenated alkanes) is 1. The van der Waals surface area contributed by atoms with Gasteiger partial charge in [-0.25, -0.2) is 4.79 Å². The van der Waals surface area contributed by atoms with Crippen LogP contribution in [-0.4, -0.2) is 102 Å². The standard InChI is InChI=1S/C36H56N6O8S/c1-12-13-15-21(27(44)30(46)37-18-23(43)39-25(31(47)41(10)11)22-16-14-17-51-22)38-29(45)26-24-20(36(24,8)9)19-42(26)32(48)28(34(2,3)4)40-33(49)50-35(5,6)7/h14,16-17,20-21,24-26,28H,12-13,15,18-19H2,1-11H3,(H,37,46)(H,38,45)(H,39,43)(H,40,49)/t20-,21?,24?,25-,26-,28?/m0/s1. The third-order valence-electron chi connectivity index (χ3n) is 9.47. The number of nitrogens with zero attached hydrogens (tertiary/aromatic N) is 2. The van der Waals surface area contributed by atoms with Crippen molar-refractivity contribution in [3.05, 3.63) is 22.4 Å². The Labute approximate surface area is 305 Å². The molecule has 2 aliphatic rings. The third-order valence-corrected chi connectivity index (χ3v) is 10.4. The van der Waals surface area contributed by atoms with Gasteiger partial charge >= 0.3 is 6.09 Å². The van der Waals surface area contributed by atoms with Crippen LogP contribution in [0.15, 0.2) is 17.5 Å². The van der Waals surface area contributed by atoms with Gasteiger partial charge < -0.3 is 35.8 Å². The van der Waals surface area contributed by atoms with Crippen molar-refractivity contribution in [1.29, 1.82) is 0 Å². The number of carbonyl (C=O) groups is 7. The summed E-state index contributed by atoms with van der Waals surface area (Å²) in [5, 5.41) is 12.2. The smallest absolute Gasteiger partial charge is 0.408 e. The molecular formula is C36H56N6O8S. The van der Waals surface area contributed by atoms with E-state index in [1.807, 2.05) is 41.5 Å². The highest BCUT2D eigenvalue weighted by Gasteiger charge is 2.70. The number of carbonyl (C=O) groups excluding carboxylic acids is 7. The Morgan fingerprint density at radius 1 is 1.02 bits per heavy atom. The number of hydrogen-bond donors (Lipinski definition) is 4. The van der Waals surface area contributed by atoms with Gasteiger partial charge in [0, 0.05) is 25.5 Å². The molecule has 1 aliphatic heterocycles. The molecule has 2 heterocycles. The van der Waals surface area contributed by atoms with Gasteiger partial charge in [0.05, 0.1) is 12.6 Å². The maximum atomic E-state index is 14.1. The van der Waals surface area contributed by atoms with Crippen LogP contribution in [0.4, 0.5) is 4.79 Å². The highest BCUT2D eigenvalue weighted by molar-refractivity contribution is 7.10. The van der Waals surface area contributed by atoms with Crippen LogP contribution >= 0.6 is 11.3 Å². The molecule has 1 aromatic heterocycles. The number of rotatable bonds is 14. The van der Waals surface area contributed by atoms with Crippen LogP contribution in [0, 0.1) is 22.7 Å². The van der Waals surface area contributed by atoms with Crippen molar-refractivity contribution in [2.24, 2.45) is 22.7 Å². The molecule has 2 fully saturated rings. The van der Waals surface area contributed by atoms with E-state index >= 15 is 0 Å². The first-order chi connectivity index (χ1) is 23.5. The predicted octanol–water partition coefficient (Wildman–Crippen LogP) is 2.78. The molecular weight excluding hydrogens is 676 g/mol. The molecule has 1 saturated heterocycles. The zero-order valence-corrected chi connectivity index (χ0v) is 32.6. The first-order valence-corrected chi connectivity index (χ1v) is 18.4. The van der Waals surface area contributed by atoms with Crippen molar-refractivity contribution in [1.82, 2.24) is 31.1 Å². The van der Waals surface area contributed by atoms with Gasteiger partial charge in [0.2, 0.25) is 29.4 Å². The maximum absolute atomic E-state index is 14.1. The summed E-state index contributed by atoms with van der Waals surface area (Å²) in [5.41, 5.74) is -1.76. The average molecular weight is 733 g/mol. The van der Waals surface area contributed by atoms with Gasteiger partial charge in [-0.2, -0.15) is 0 Å². The molecule has 0 bridgehead atoms. The molecule has 1 aromatic rings. The number of piperidine rings is 1. The van der Waals surface area contributed by atoms with Crippen molar-refractivity contribution >= 4 is 52.7 Å². The minimum Gasteiger partial charge on any atom is -0.444 e. The number of likely N-dealkylation sites (tertiary alicyclic amines) is 1. The van der Waals surface area contributed by atoms with E-state index in [1.54, 1.807) is 52.4 Å². The quantitative estimate of drug-likeness (QED) is 0.211. The van der Waals surface area contributed by atoms with Gasteiger partial charge in [-0.05, 0) is 61.3 Å². The Hall–Kier alpha value is -4.01. The molecule has 0 spiro atoms. The Morgan fingerprint density at radius 2 is 1.67 bits per heavy atom. The number of fused-ring (bicyclic) bond motifs is 1. The van der Waals surface area contributed by atoms with Crippen LogP contribution in [0.1, 0.15) is 92.5 Å². The van der Waals surface area contributed by atoms with E-state index in [2.05, 4.69) is 21.3 Å². The molecule has 14 nitrogen and oxygen atoms in total. The molecule has 0 aromatic carbocycles. The lowest BCUT2D eigenvalue weighted by Gasteiger charge is -2.38. The van der Waals surface area contributed by atoms with Crippen molar-refractivity contribution in [3.63, 3.8) is 0 Å². The second-order valence-corrected chi connectivity index (χ2v) is 17.3. The summed E-state index contributed by atoms with van der Waals surface area (Å²) in [7, 11) is 3.13. The summed E-state index contributed by atoms with van der Waals surface area (Å²) in [5.74, 6) is -4.17. The van der Waals surface area contributed by atoms with Gasteiger partial charge in [0.1, 0.15) is 23.7 Å². The monoisotopic (exact) mass is 732 g/mol. The van der Waals surface area contributed by atoms with Gasteiger partial charge in [-0.1, -0.05) is 60.5 Å². The summed E-state index contributed by atoms with van der Waals surface area (Å²) < 4.78 is 5.43. The van der Waals surface area contributed by atoms with Crippen LogP contribution in [0.5, 0.6) is 0 Å². The summed E-state index contributed by atoms with van der Waals surface area (Å²) >= 11 is 1.29. The minimum atomic E-state index is -1.20. The van der Waals surface area contributed by atoms with Crippen LogP contribution in [0.25, 0.3) is 0 Å². The average Bonchev–Trinajstić information content (AvgIpc) is 3.46. The number of hydrogen-bond acceptors (Lipinski definition) is 9. The first kappa shape index (κ1) is 41.4. The maximum Gasteiger partial charge on any atom is 0.408 e. The molecule has 51 heavy (non-hydrogen) atoms. The molecule has 4 N–H and O–H groups in total. The largest absolute Gasteiger partial charge is 0.444 e. The topological polar surface area (TPSA) is 183 Å². The molecule has 6 amide bonds. The Morgan fingerprint density at radius 3 is 2.20 bits per heavy atom. The normalized spacial score (nSPS) is 20.9. The number of Topliss-reactive ketones (excluding diaryl/α,β-unsaturated/α-hetero) is 1. The van der Waals surface area contributed by atoms with Crippen LogP contribution in [0.3, 0.4) is 0 Å². The summed E-state index contributed by atoms with van der Waals surface area (Å²) in [6.45, 7) is 16.3. The third kappa shape index (κ3) is 10.3. The molecule has 0 radical (unpaired) electrons. The van der Waals surface area contributed by atoms with E-state index in [4.69, 9.17) is 4.74 Å². The van der Waals surface area contributed by atoms with E-state index in [1.165, 1.54) is 21.1 Å². The minimum absolute atomic E-state index is 0.0309. The van der Waals surface area contributed by atoms with Gasteiger partial charge in [0.15, 0.2) is 0 Å². The first-order valence-electron chi connectivity index (χ1n) is 17.5. The fraction of sp³-hybridized carbons (Fsp3) is 0.694. The fourth-order valence-electron chi connectivity index (χ4n) is 6.57. The summed E-state index contributed by atoms with van der Waals surface area (Å²) in [6.07, 6.45) is 0.624. The second-order valence-electron chi connectivity index (χ2n) is 16.3. The van der Waals surface area contributed by atoms with Crippen LogP contribution < -0.4 is 21.3 Å². The van der Waals surface area contributed by atoms with Crippen LogP contribution in [-0.2, 0) is 33.5 Å². The number of nitrogens with one attached hydrogen (secondary N) is 4. The number of thiophene rings is 1. The van der Waals surface area contributed by atoms with Crippen LogP contribution in [0.2, 0.25) is 0 Å². The Kier molecular flexibility index (Phi) is 13.1. The van der Waals surface area contributed by atoms with Gasteiger partial charge in [0.25, 0.3) is 5.91 Å². The number of ketones is 1. The summed E-state index contributed by atoms with van der Waals surface area (Å²) in [6, 6.07) is -0.637. The SMILES string of the molecule is CCCCC(NC(=O)[C@@H]1C2[C@H](CN1C(=O)C(NC(=O)OC(C)(C)C)C(C)(C)C)C2(C)C)C(=O)C(=O)NCC(=O)N[C@H](C(=O)N(C)C)c1cccs1. The van der Waals surface area contributed by atoms with E-state index in [-0.39, 0.29) is 29.6 Å². The lowest BCUT2D eigenvalue weighted by Crippen LogP contribution is -2.60. The lowest BCUT2D eigenvalue weighted by atomic mass is 9.85. The van der Waals surface area contributed by atoms with Gasteiger partial charge in [-0.3, -0.25) is 28.8 Å². The van der Waals surface area contributed by atoms with Gasteiger partial charge in [-0.15, -0.1) is 11.3 Å². The summed E-state index contributed by atoms with van der Waals surface area (Å²) in [4.78, 5) is 96.5. The Bertz CT molecular complexity index is 1480. The number of alkyl carbamates (subject to hydrolysis) is 1. The molecule has 284 valence electrons. The van der Waals surface area contributed by atoms with E-state index < -0.39 is 77.2 Å². The molecule has 1 saturated carbocycles. The molecule has 3 rings (SSSR count). The fourth-order valence-corrected chi connectivity index (χ4v) is 7.34. The van der Waals surface area contributed by atoms with E-state index in [0.717, 1.165) is 0 Å². The second kappa shape index (κ2) is 16.1. The van der Waals surface area contributed by atoms with Crippen molar-refractivity contribution in [3.8, 4) is 0 Å². The predicted molar refractivity (Wildman–Crippen MR) is 192 cm³/mol. The molecule has 15 heteroatoms. The van der Waals surface area contributed by atoms with Crippen molar-refractivity contribution in [2.45, 2.75) is 111 Å². The van der Waals surface area contributed by atoms with Crippen molar-refractivity contribution in [2.75, 3.05) is 27.2 Å². The van der Waals surface area contributed by atoms with E-state index in [9.17, 15) is 33.6 Å². The number of amides is 6. The van der Waals surface area contributed by atoms with E-state index in [0.29, 0.717) is 24.3 Å². The zero-order valence-electron chi connectivity index (χ0n) is 31.8. The molecule has 1 aliphatic carbocycles.